The van der Waals surface area contributed by atoms with Crippen LogP contribution in [0.1, 0.15) is 19.4 Å². The maximum Gasteiger partial charge on any atom is 0.417 e. The van der Waals surface area contributed by atoms with Crippen molar-refractivity contribution in [1.82, 2.24) is 9.55 Å². The van der Waals surface area contributed by atoms with Crippen molar-refractivity contribution in [3.8, 4) is 11.6 Å². The SMILES string of the molecule is COC(=O)C(C)(C)Oc1ccc2sc(=O)n(-c3ncc(C(F)(F)F)cc3Cl)c2c1. The molecule has 1 aromatic carbocycles. The van der Waals surface area contributed by atoms with Crippen LogP contribution in [0.2, 0.25) is 5.02 Å². The van der Waals surface area contributed by atoms with Gasteiger partial charge in [-0.2, -0.15) is 13.2 Å². The molecule has 0 unspecified atom stereocenters. The van der Waals surface area contributed by atoms with Gasteiger partial charge in [0, 0.05) is 12.3 Å². The van der Waals surface area contributed by atoms with E-state index >= 15 is 0 Å². The van der Waals surface area contributed by atoms with Crippen LogP contribution in [0.25, 0.3) is 16.0 Å². The minimum atomic E-state index is -4.61. The molecule has 154 valence electrons. The molecule has 0 atom stereocenters. The summed E-state index contributed by atoms with van der Waals surface area (Å²) in [5.74, 6) is -0.490. The summed E-state index contributed by atoms with van der Waals surface area (Å²) < 4.78 is 50.6. The summed E-state index contributed by atoms with van der Waals surface area (Å²) in [7, 11) is 1.23. The zero-order chi connectivity index (χ0) is 21.6. The number of halogens is 4. The number of alkyl halides is 3. The quantitative estimate of drug-likeness (QED) is 0.554. The van der Waals surface area contributed by atoms with Crippen LogP contribution in [-0.2, 0) is 15.7 Å². The van der Waals surface area contributed by atoms with Crippen LogP contribution in [0, 0.1) is 0 Å². The highest BCUT2D eigenvalue weighted by atomic mass is 35.5. The number of esters is 1. The van der Waals surface area contributed by atoms with Crippen molar-refractivity contribution in [1.29, 1.82) is 0 Å². The molecular weight excluding hydrogens is 433 g/mol. The molecule has 0 bridgehead atoms. The Morgan fingerprint density at radius 2 is 1.93 bits per heavy atom. The van der Waals surface area contributed by atoms with Crippen LogP contribution < -0.4 is 9.61 Å². The largest absolute Gasteiger partial charge is 0.476 e. The van der Waals surface area contributed by atoms with Crippen LogP contribution >= 0.6 is 22.9 Å². The second kappa shape index (κ2) is 7.34. The molecule has 2 heterocycles. The molecule has 0 spiro atoms. The summed E-state index contributed by atoms with van der Waals surface area (Å²) in [4.78, 5) is 27.6. The van der Waals surface area contributed by atoms with Gasteiger partial charge in [0.05, 0.1) is 27.9 Å². The molecular formula is C18H14ClF3N2O4S. The highest BCUT2D eigenvalue weighted by Gasteiger charge is 2.33. The van der Waals surface area contributed by atoms with Crippen molar-refractivity contribution in [3.05, 3.63) is 50.7 Å². The number of aromatic nitrogens is 2. The predicted octanol–water partition coefficient (Wildman–Crippen LogP) is 4.45. The van der Waals surface area contributed by atoms with Crippen molar-refractivity contribution in [2.45, 2.75) is 25.6 Å². The molecule has 0 amide bonds. The zero-order valence-electron chi connectivity index (χ0n) is 15.3. The Kier molecular flexibility index (Phi) is 5.35. The van der Waals surface area contributed by atoms with Crippen molar-refractivity contribution >= 4 is 39.1 Å². The van der Waals surface area contributed by atoms with E-state index in [4.69, 9.17) is 16.3 Å². The standard InChI is InChI=1S/C18H14ClF3N2O4S/c1-17(2,15(25)27-3)28-10-4-5-13-12(7-10)24(16(26)29-13)14-11(19)6-9(8-23-14)18(20,21)22/h4-8H,1-3H3. The van der Waals surface area contributed by atoms with Crippen molar-refractivity contribution in [2.24, 2.45) is 0 Å². The van der Waals surface area contributed by atoms with E-state index in [1.54, 1.807) is 12.1 Å². The molecule has 0 N–H and O–H groups in total. The molecule has 3 rings (SSSR count). The van der Waals surface area contributed by atoms with E-state index in [0.29, 0.717) is 22.5 Å². The van der Waals surface area contributed by atoms with E-state index in [1.807, 2.05) is 0 Å². The molecule has 0 aliphatic carbocycles. The lowest BCUT2D eigenvalue weighted by atomic mass is 10.1. The summed E-state index contributed by atoms with van der Waals surface area (Å²) in [5.41, 5.74) is -2.00. The summed E-state index contributed by atoms with van der Waals surface area (Å²) >= 11 is 6.86. The average molecular weight is 447 g/mol. The molecule has 2 aromatic heterocycles. The Balaban J connectivity index is 2.11. The molecule has 0 fully saturated rings. The highest BCUT2D eigenvalue weighted by molar-refractivity contribution is 7.16. The topological polar surface area (TPSA) is 70.4 Å². The van der Waals surface area contributed by atoms with Crippen LogP contribution in [0.5, 0.6) is 5.75 Å². The molecule has 3 aromatic rings. The first-order valence-electron chi connectivity index (χ1n) is 8.10. The molecule has 0 aliphatic heterocycles. The number of nitrogens with zero attached hydrogens (tertiary/aromatic N) is 2. The van der Waals surface area contributed by atoms with Gasteiger partial charge < -0.3 is 9.47 Å². The maximum atomic E-state index is 12.9. The van der Waals surface area contributed by atoms with E-state index in [2.05, 4.69) is 9.72 Å². The van der Waals surface area contributed by atoms with Crippen LogP contribution in [0.3, 0.4) is 0 Å². The fourth-order valence-electron chi connectivity index (χ4n) is 2.59. The number of thiazole rings is 1. The minimum absolute atomic E-state index is 0.139. The van der Waals surface area contributed by atoms with Gasteiger partial charge in [0.1, 0.15) is 5.75 Å². The predicted molar refractivity (Wildman–Crippen MR) is 102 cm³/mol. The Labute approximate surface area is 171 Å². The number of hydrogen-bond acceptors (Lipinski definition) is 6. The first kappa shape index (κ1) is 21.1. The number of fused-ring (bicyclic) bond motifs is 1. The van der Waals surface area contributed by atoms with Gasteiger partial charge in [-0.1, -0.05) is 22.9 Å². The van der Waals surface area contributed by atoms with Crippen LogP contribution in [0.15, 0.2) is 35.3 Å². The normalized spacial score (nSPS) is 12.2. The molecule has 0 radical (unpaired) electrons. The van der Waals surface area contributed by atoms with Crippen molar-refractivity contribution in [2.75, 3.05) is 7.11 Å². The first-order chi connectivity index (χ1) is 13.4. The van der Waals surface area contributed by atoms with E-state index in [-0.39, 0.29) is 16.6 Å². The van der Waals surface area contributed by atoms with Gasteiger partial charge in [-0.25, -0.2) is 14.3 Å². The van der Waals surface area contributed by atoms with Gasteiger partial charge in [0.25, 0.3) is 0 Å². The molecule has 29 heavy (non-hydrogen) atoms. The third kappa shape index (κ3) is 4.08. The molecule has 11 heteroatoms. The summed E-state index contributed by atoms with van der Waals surface area (Å²) in [6.07, 6.45) is -4.00. The van der Waals surface area contributed by atoms with Gasteiger partial charge in [0.2, 0.25) is 0 Å². The zero-order valence-corrected chi connectivity index (χ0v) is 16.9. The van der Waals surface area contributed by atoms with E-state index in [0.717, 1.165) is 15.9 Å². The number of rotatable bonds is 4. The maximum absolute atomic E-state index is 12.9. The summed E-state index contributed by atoms with van der Waals surface area (Å²) in [6, 6.07) is 5.35. The third-order valence-corrected chi connectivity index (χ3v) is 5.16. The summed E-state index contributed by atoms with van der Waals surface area (Å²) in [5, 5.41) is -0.331. The van der Waals surface area contributed by atoms with Gasteiger partial charge in [-0.05, 0) is 32.0 Å². The number of methoxy groups -OCH3 is 1. The van der Waals surface area contributed by atoms with Gasteiger partial charge in [0.15, 0.2) is 11.4 Å². The fraction of sp³-hybridized carbons (Fsp3) is 0.278. The molecule has 0 saturated carbocycles. The lowest BCUT2D eigenvalue weighted by Crippen LogP contribution is -2.39. The van der Waals surface area contributed by atoms with Crippen LogP contribution in [-0.4, -0.2) is 28.2 Å². The fourth-order valence-corrected chi connectivity index (χ4v) is 3.70. The smallest absolute Gasteiger partial charge is 0.417 e. The van der Waals surface area contributed by atoms with Crippen molar-refractivity contribution in [3.63, 3.8) is 0 Å². The van der Waals surface area contributed by atoms with Gasteiger partial charge in [-0.15, -0.1) is 0 Å². The molecule has 0 aliphatic rings. The lowest BCUT2D eigenvalue weighted by molar-refractivity contribution is -0.156. The van der Waals surface area contributed by atoms with Crippen LogP contribution in [0.4, 0.5) is 13.2 Å². The first-order valence-corrected chi connectivity index (χ1v) is 9.29. The van der Waals surface area contributed by atoms with Gasteiger partial charge >= 0.3 is 17.0 Å². The highest BCUT2D eigenvalue weighted by Crippen LogP contribution is 2.33. The lowest BCUT2D eigenvalue weighted by Gasteiger charge is -2.23. The Hall–Kier alpha value is -2.59. The minimum Gasteiger partial charge on any atom is -0.476 e. The van der Waals surface area contributed by atoms with E-state index in [9.17, 15) is 22.8 Å². The molecule has 6 nitrogen and oxygen atoms in total. The second-order valence-corrected chi connectivity index (χ2v) is 7.86. The second-order valence-electron chi connectivity index (χ2n) is 6.46. The third-order valence-electron chi connectivity index (χ3n) is 3.96. The van der Waals surface area contributed by atoms with E-state index < -0.39 is 28.2 Å². The number of benzene rings is 1. The van der Waals surface area contributed by atoms with E-state index in [1.165, 1.54) is 27.0 Å². The number of carbonyl (C=O) groups excluding carboxylic acids is 1. The Morgan fingerprint density at radius 3 is 2.52 bits per heavy atom. The average Bonchev–Trinajstić information content (AvgIpc) is 2.95. The Bertz CT molecular complexity index is 1150. The number of pyridine rings is 1. The number of carbonyl (C=O) groups is 1. The Morgan fingerprint density at radius 1 is 1.24 bits per heavy atom. The monoisotopic (exact) mass is 446 g/mol. The number of ether oxygens (including phenoxy) is 2. The summed E-state index contributed by atoms with van der Waals surface area (Å²) in [6.45, 7) is 3.02. The van der Waals surface area contributed by atoms with Crippen molar-refractivity contribution < 1.29 is 27.4 Å². The molecule has 0 saturated heterocycles. The van der Waals surface area contributed by atoms with Gasteiger partial charge in [-0.3, -0.25) is 4.79 Å². The number of hydrogen-bond donors (Lipinski definition) is 0.